The van der Waals surface area contributed by atoms with Crippen molar-refractivity contribution in [3.63, 3.8) is 0 Å². The highest BCUT2D eigenvalue weighted by Crippen LogP contribution is 2.46. The second-order valence-corrected chi connectivity index (χ2v) is 15.9. The molecule has 1 aromatic carbocycles. The number of nitrogens with one attached hydrogen (secondary N) is 3. The Hall–Kier alpha value is -3.98. The van der Waals surface area contributed by atoms with E-state index in [0.29, 0.717) is 37.8 Å². The van der Waals surface area contributed by atoms with E-state index < -0.39 is 68.7 Å². The number of benzene rings is 1. The van der Waals surface area contributed by atoms with Crippen molar-refractivity contribution in [3.05, 3.63) is 48.0 Å². The Morgan fingerprint density at radius 1 is 1.02 bits per heavy atom. The predicted molar refractivity (Wildman–Crippen MR) is 182 cm³/mol. The second-order valence-electron chi connectivity index (χ2n) is 14.0. The number of sulfonamides is 1. The first-order chi connectivity index (χ1) is 24.1. The molecule has 0 radical (unpaired) electrons. The summed E-state index contributed by atoms with van der Waals surface area (Å²) >= 11 is 0. The first-order valence-corrected chi connectivity index (χ1v) is 19.2. The largest absolute Gasteiger partial charge is 0.446 e. The molecule has 4 amide bonds. The van der Waals surface area contributed by atoms with Crippen molar-refractivity contribution in [3.8, 4) is 0 Å². The molecule has 2 aliphatic heterocycles. The van der Waals surface area contributed by atoms with Gasteiger partial charge in [-0.15, -0.1) is 0 Å². The second kappa shape index (κ2) is 15.5. The molecule has 3 N–H and O–H groups in total. The molecule has 0 aromatic heterocycles. The van der Waals surface area contributed by atoms with Gasteiger partial charge in [-0.3, -0.25) is 19.1 Å². The van der Waals surface area contributed by atoms with Crippen LogP contribution in [0.25, 0.3) is 0 Å². The zero-order valence-electron chi connectivity index (χ0n) is 28.4. The number of oxime groups is 1. The minimum Gasteiger partial charge on any atom is -0.446 e. The van der Waals surface area contributed by atoms with Crippen LogP contribution in [0.3, 0.4) is 0 Å². The third-order valence-electron chi connectivity index (χ3n) is 10.2. The summed E-state index contributed by atoms with van der Waals surface area (Å²) in [6, 6.07) is 7.29. The summed E-state index contributed by atoms with van der Waals surface area (Å²) in [4.78, 5) is 62.3. The van der Waals surface area contributed by atoms with Gasteiger partial charge in [0, 0.05) is 25.0 Å². The molecule has 50 heavy (non-hydrogen) atoms. The number of methoxy groups -OCH3 is 1. The normalized spacial score (nSPS) is 29.9. The van der Waals surface area contributed by atoms with Crippen LogP contribution < -0.4 is 15.4 Å². The van der Waals surface area contributed by atoms with Crippen LogP contribution in [0, 0.1) is 5.92 Å². The van der Waals surface area contributed by atoms with Crippen LogP contribution >= 0.6 is 0 Å². The summed E-state index contributed by atoms with van der Waals surface area (Å²) in [7, 11) is -2.33. The molecule has 5 atom stereocenters. The molecule has 272 valence electrons. The van der Waals surface area contributed by atoms with E-state index in [1.165, 1.54) is 4.90 Å². The number of allylic oxidation sites excluding steroid dienone is 1. The maximum absolute atomic E-state index is 14.3. The topological polar surface area (TPSA) is 182 Å². The number of carbonyl (C=O) groups is 4. The van der Waals surface area contributed by atoms with E-state index in [1.54, 1.807) is 7.11 Å². The van der Waals surface area contributed by atoms with Gasteiger partial charge in [0.1, 0.15) is 35.5 Å². The smallest absolute Gasteiger partial charge is 0.408 e. The number of amides is 4. The molecule has 3 saturated carbocycles. The lowest BCUT2D eigenvalue weighted by Gasteiger charge is -2.30. The monoisotopic (exact) mass is 713 g/mol. The van der Waals surface area contributed by atoms with E-state index in [0.717, 1.165) is 37.7 Å². The highest BCUT2D eigenvalue weighted by Gasteiger charge is 2.62. The number of ether oxygens (including phenoxy) is 2. The first kappa shape index (κ1) is 35.8. The lowest BCUT2D eigenvalue weighted by Crippen LogP contribution is -2.58. The highest BCUT2D eigenvalue weighted by atomic mass is 32.2. The minimum absolute atomic E-state index is 0.0100. The van der Waals surface area contributed by atoms with E-state index in [2.05, 4.69) is 20.5 Å². The number of fused-ring (bicyclic) bond motifs is 2. The third-order valence-corrected chi connectivity index (χ3v) is 12.0. The SMILES string of the molecule is COC/C(=N\O[C@@H]1C[C@H]2C(=O)NC3(C(=O)NS(=O)(=O)C4CC4)C[C@H]3/C=C\CCCCC[C@H](NC(=O)OC3CCC3)C(=O)N2C1)c1ccccc1. The molecule has 1 unspecified atom stereocenters. The average molecular weight is 714 g/mol. The molecule has 15 heteroatoms. The molecule has 14 nitrogen and oxygen atoms in total. The molecule has 6 rings (SSSR count). The summed E-state index contributed by atoms with van der Waals surface area (Å²) in [5.41, 5.74) is -0.177. The molecule has 0 spiro atoms. The van der Waals surface area contributed by atoms with E-state index in [1.807, 2.05) is 42.5 Å². The van der Waals surface area contributed by atoms with Crippen molar-refractivity contribution in [1.29, 1.82) is 0 Å². The van der Waals surface area contributed by atoms with Gasteiger partial charge in [-0.05, 0) is 57.8 Å². The van der Waals surface area contributed by atoms with Gasteiger partial charge in [-0.1, -0.05) is 60.5 Å². The van der Waals surface area contributed by atoms with Gasteiger partial charge in [-0.25, -0.2) is 13.2 Å². The quantitative estimate of drug-likeness (QED) is 0.187. The zero-order chi connectivity index (χ0) is 35.3. The van der Waals surface area contributed by atoms with Crippen molar-refractivity contribution in [1.82, 2.24) is 20.3 Å². The van der Waals surface area contributed by atoms with Crippen LogP contribution in [0.2, 0.25) is 0 Å². The first-order valence-electron chi connectivity index (χ1n) is 17.7. The average Bonchev–Trinajstić information content (AvgIpc) is 4.00. The van der Waals surface area contributed by atoms with Crippen LogP contribution in [-0.2, 0) is 38.7 Å². The summed E-state index contributed by atoms with van der Waals surface area (Å²) in [5, 5.41) is 9.36. The molecule has 3 aliphatic carbocycles. The number of rotatable bonds is 10. The highest BCUT2D eigenvalue weighted by molar-refractivity contribution is 7.91. The summed E-state index contributed by atoms with van der Waals surface area (Å²) < 4.78 is 38.6. The van der Waals surface area contributed by atoms with Gasteiger partial charge in [0.15, 0.2) is 0 Å². The zero-order valence-corrected chi connectivity index (χ0v) is 29.2. The van der Waals surface area contributed by atoms with Gasteiger partial charge in [0.25, 0.3) is 5.91 Å². The summed E-state index contributed by atoms with van der Waals surface area (Å²) in [6.45, 7) is 0.151. The van der Waals surface area contributed by atoms with Crippen LogP contribution in [-0.4, -0.2) is 98.2 Å². The molecular weight excluding hydrogens is 666 g/mol. The van der Waals surface area contributed by atoms with Crippen LogP contribution in [0.4, 0.5) is 4.79 Å². The number of alkyl carbamates (subject to hydrolysis) is 1. The fourth-order valence-electron chi connectivity index (χ4n) is 6.72. The van der Waals surface area contributed by atoms with Crippen molar-refractivity contribution in [2.75, 3.05) is 20.3 Å². The predicted octanol–water partition coefficient (Wildman–Crippen LogP) is 2.67. The third kappa shape index (κ3) is 8.48. The van der Waals surface area contributed by atoms with Crippen LogP contribution in [0.5, 0.6) is 0 Å². The summed E-state index contributed by atoms with van der Waals surface area (Å²) in [6.07, 6.45) is 9.32. The molecule has 1 saturated heterocycles. The molecule has 5 aliphatic rings. The van der Waals surface area contributed by atoms with E-state index in [4.69, 9.17) is 14.3 Å². The Morgan fingerprint density at radius 2 is 1.80 bits per heavy atom. The minimum atomic E-state index is -3.87. The van der Waals surface area contributed by atoms with Gasteiger partial charge >= 0.3 is 6.09 Å². The Balaban J connectivity index is 1.26. The van der Waals surface area contributed by atoms with Crippen molar-refractivity contribution in [2.45, 2.75) is 112 Å². The standard InChI is InChI=1S/C35H47N5O9S/c1-47-22-29(23-11-6-5-7-12-23)38-49-26-19-30-31(41)37-35(33(43)39-50(45,46)27-17-18-27)20-24(35)13-8-3-2-4-9-16-28(32(42)40(30)21-26)36-34(44)48-25-14-10-15-25/h5-8,11-13,24-28,30H,2-4,9-10,14-22H2,1H3,(H,36,44)(H,37,41)(H,39,43)/b13-8-,38-29+/t24-,26-,28+,30+,35?/m1/s1. The maximum Gasteiger partial charge on any atom is 0.408 e. The van der Waals surface area contributed by atoms with Crippen molar-refractivity contribution < 1.29 is 41.9 Å². The Morgan fingerprint density at radius 3 is 2.50 bits per heavy atom. The Kier molecular flexibility index (Phi) is 11.1. The Labute approximate surface area is 292 Å². The lowest BCUT2D eigenvalue weighted by molar-refractivity contribution is -0.141. The number of hydrogen-bond donors (Lipinski definition) is 3. The molecule has 1 aromatic rings. The van der Waals surface area contributed by atoms with Crippen LogP contribution in [0.1, 0.15) is 82.6 Å². The number of hydrogen-bond acceptors (Lipinski definition) is 10. The molecule has 2 heterocycles. The molecule has 4 fully saturated rings. The van der Waals surface area contributed by atoms with E-state index in [-0.39, 0.29) is 32.1 Å². The Bertz CT molecular complexity index is 1590. The number of carbonyl (C=O) groups excluding carboxylic acids is 4. The van der Waals surface area contributed by atoms with Gasteiger partial charge < -0.3 is 29.8 Å². The lowest BCUT2D eigenvalue weighted by atomic mass is 9.96. The van der Waals surface area contributed by atoms with Crippen LogP contribution in [0.15, 0.2) is 47.6 Å². The molecular formula is C35H47N5O9S. The van der Waals surface area contributed by atoms with Gasteiger partial charge in [0.2, 0.25) is 21.8 Å². The summed E-state index contributed by atoms with van der Waals surface area (Å²) in [5.74, 6) is -2.28. The fourth-order valence-corrected chi connectivity index (χ4v) is 8.09. The van der Waals surface area contributed by atoms with Gasteiger partial charge in [-0.2, -0.15) is 0 Å². The van der Waals surface area contributed by atoms with E-state index >= 15 is 0 Å². The van der Waals surface area contributed by atoms with E-state index in [9.17, 15) is 27.6 Å². The fraction of sp³-hybridized carbons (Fsp3) is 0.629. The molecule has 0 bridgehead atoms. The van der Waals surface area contributed by atoms with Crippen molar-refractivity contribution >= 4 is 39.5 Å². The van der Waals surface area contributed by atoms with Crippen molar-refractivity contribution in [2.24, 2.45) is 11.1 Å². The maximum atomic E-state index is 14.3. The number of nitrogens with zero attached hydrogens (tertiary/aromatic N) is 2. The van der Waals surface area contributed by atoms with Gasteiger partial charge in [0.05, 0.1) is 18.4 Å².